The molecule has 0 aliphatic rings. The summed E-state index contributed by atoms with van der Waals surface area (Å²) in [6.07, 6.45) is 0. The van der Waals surface area contributed by atoms with Crippen LogP contribution in [-0.4, -0.2) is 22.1 Å². The number of halogens is 2. The normalized spacial score (nSPS) is 10.2. The molecule has 0 atom stereocenters. The zero-order valence-corrected chi connectivity index (χ0v) is 13.3. The Hall–Kier alpha value is -1.80. The number of anilines is 1. The van der Waals surface area contributed by atoms with Crippen molar-refractivity contribution >= 4 is 51.8 Å². The zero-order valence-electron chi connectivity index (χ0n) is 10.4. The van der Waals surface area contributed by atoms with E-state index in [4.69, 9.17) is 16.7 Å². The van der Waals surface area contributed by atoms with Gasteiger partial charge in [-0.15, -0.1) is 0 Å². The fraction of sp³-hybridized carbons (Fsp3) is 0. The number of amides is 1. The number of carbonyl (C=O) groups is 2. The second kappa shape index (κ2) is 6.31. The van der Waals surface area contributed by atoms with Crippen LogP contribution in [0.25, 0.3) is 0 Å². The number of carboxylic acid groups (broad SMARTS) is 1. The average Bonchev–Trinajstić information content (AvgIpc) is 2.43. The molecule has 0 aliphatic heterocycles. The number of aromatic carboxylic acids is 1. The molecule has 1 amide bonds. The molecule has 2 aromatic carbocycles. The first-order valence-electron chi connectivity index (χ1n) is 5.71. The largest absolute Gasteiger partial charge is 0.508 e. The molecule has 0 fully saturated rings. The van der Waals surface area contributed by atoms with E-state index in [1.165, 1.54) is 18.2 Å². The highest BCUT2D eigenvalue weighted by Crippen LogP contribution is 2.24. The third kappa shape index (κ3) is 3.64. The van der Waals surface area contributed by atoms with Gasteiger partial charge in [0.2, 0.25) is 0 Å². The Balaban J connectivity index is 2.36. The molecule has 7 heteroatoms. The summed E-state index contributed by atoms with van der Waals surface area (Å²) in [7, 11) is 0. The van der Waals surface area contributed by atoms with Gasteiger partial charge in [0.05, 0.1) is 16.8 Å². The van der Waals surface area contributed by atoms with Crippen molar-refractivity contribution in [3.8, 4) is 5.75 Å². The highest BCUT2D eigenvalue weighted by atomic mass is 127. The van der Waals surface area contributed by atoms with Crippen LogP contribution < -0.4 is 5.32 Å². The summed E-state index contributed by atoms with van der Waals surface area (Å²) in [4.78, 5) is 23.3. The van der Waals surface area contributed by atoms with E-state index in [9.17, 15) is 14.7 Å². The van der Waals surface area contributed by atoms with E-state index < -0.39 is 11.9 Å². The number of hydrogen-bond donors (Lipinski definition) is 3. The number of phenols is 1. The van der Waals surface area contributed by atoms with E-state index >= 15 is 0 Å². The number of benzene rings is 2. The number of nitrogens with one attached hydrogen (secondary N) is 1. The van der Waals surface area contributed by atoms with Gasteiger partial charge in [0.15, 0.2) is 0 Å². The van der Waals surface area contributed by atoms with Gasteiger partial charge in [-0.2, -0.15) is 0 Å². The van der Waals surface area contributed by atoms with E-state index in [0.717, 1.165) is 6.07 Å². The maximum atomic E-state index is 12.2. The predicted octanol–water partition coefficient (Wildman–Crippen LogP) is 3.60. The monoisotopic (exact) mass is 417 g/mol. The molecular weight excluding hydrogens is 409 g/mol. The van der Waals surface area contributed by atoms with Gasteiger partial charge in [-0.25, -0.2) is 4.79 Å². The van der Waals surface area contributed by atoms with Crippen LogP contribution in [0.1, 0.15) is 20.7 Å². The fourth-order valence-corrected chi connectivity index (χ4v) is 2.43. The summed E-state index contributed by atoms with van der Waals surface area (Å²) in [6.45, 7) is 0. The standard InChI is InChI=1S/C14H9ClINO4/c15-7-1-3-11(16)9(5-7)13(19)17-12-4-2-8(18)6-10(12)14(20)21/h1-6,18H,(H,17,19)(H,20,21). The Bertz CT molecular complexity index is 733. The van der Waals surface area contributed by atoms with Gasteiger partial charge in [-0.1, -0.05) is 11.6 Å². The zero-order chi connectivity index (χ0) is 15.6. The topological polar surface area (TPSA) is 86.6 Å². The van der Waals surface area contributed by atoms with E-state index in [-0.39, 0.29) is 17.0 Å². The van der Waals surface area contributed by atoms with Gasteiger partial charge in [-0.3, -0.25) is 4.79 Å². The second-order valence-corrected chi connectivity index (χ2v) is 5.71. The molecule has 108 valence electrons. The molecule has 0 heterocycles. The molecule has 0 spiro atoms. The molecule has 5 nitrogen and oxygen atoms in total. The quantitative estimate of drug-likeness (QED) is 0.526. The van der Waals surface area contributed by atoms with Crippen molar-refractivity contribution in [3.63, 3.8) is 0 Å². The first-order chi connectivity index (χ1) is 9.88. The van der Waals surface area contributed by atoms with Crippen LogP contribution in [0.15, 0.2) is 36.4 Å². The van der Waals surface area contributed by atoms with Crippen LogP contribution in [0.4, 0.5) is 5.69 Å². The van der Waals surface area contributed by atoms with Crippen LogP contribution in [0.2, 0.25) is 5.02 Å². The third-order valence-corrected chi connectivity index (χ3v) is 3.83. The van der Waals surface area contributed by atoms with Gasteiger partial charge < -0.3 is 15.5 Å². The maximum Gasteiger partial charge on any atom is 0.337 e. The summed E-state index contributed by atoms with van der Waals surface area (Å²) in [5.41, 5.74) is 0.244. The minimum absolute atomic E-state index is 0.0982. The Morgan fingerprint density at radius 2 is 1.81 bits per heavy atom. The van der Waals surface area contributed by atoms with Crippen LogP contribution in [-0.2, 0) is 0 Å². The molecule has 3 N–H and O–H groups in total. The predicted molar refractivity (Wildman–Crippen MR) is 87.2 cm³/mol. The molecule has 2 aromatic rings. The van der Waals surface area contributed by atoms with Crippen molar-refractivity contribution < 1.29 is 19.8 Å². The molecule has 2 rings (SSSR count). The van der Waals surface area contributed by atoms with E-state index in [0.29, 0.717) is 14.2 Å². The Labute approximate surface area is 138 Å². The van der Waals surface area contributed by atoms with Crippen molar-refractivity contribution in [3.05, 3.63) is 56.1 Å². The minimum atomic E-state index is -1.25. The van der Waals surface area contributed by atoms with Crippen LogP contribution in [0.5, 0.6) is 5.75 Å². The lowest BCUT2D eigenvalue weighted by Crippen LogP contribution is -2.16. The van der Waals surface area contributed by atoms with Crippen molar-refractivity contribution in [2.24, 2.45) is 0 Å². The lowest BCUT2D eigenvalue weighted by atomic mass is 10.1. The first kappa shape index (κ1) is 15.6. The van der Waals surface area contributed by atoms with Gasteiger partial charge in [0, 0.05) is 8.59 Å². The van der Waals surface area contributed by atoms with Gasteiger partial charge in [-0.05, 0) is 59.0 Å². The molecular formula is C14H9ClINO4. The van der Waals surface area contributed by atoms with Crippen molar-refractivity contribution in [1.29, 1.82) is 0 Å². The second-order valence-electron chi connectivity index (χ2n) is 4.11. The van der Waals surface area contributed by atoms with Crippen molar-refractivity contribution in [1.82, 2.24) is 0 Å². The van der Waals surface area contributed by atoms with E-state index in [1.807, 2.05) is 22.6 Å². The Morgan fingerprint density at radius 1 is 1.10 bits per heavy atom. The smallest absolute Gasteiger partial charge is 0.337 e. The molecule has 0 unspecified atom stereocenters. The third-order valence-electron chi connectivity index (χ3n) is 2.65. The lowest BCUT2D eigenvalue weighted by Gasteiger charge is -2.10. The summed E-state index contributed by atoms with van der Waals surface area (Å²) in [5.74, 6) is -1.92. The van der Waals surface area contributed by atoms with Gasteiger partial charge in [0.1, 0.15) is 5.75 Å². The Kier molecular flexibility index (Phi) is 4.69. The van der Waals surface area contributed by atoms with E-state index in [2.05, 4.69) is 5.32 Å². The van der Waals surface area contributed by atoms with Gasteiger partial charge >= 0.3 is 5.97 Å². The number of rotatable bonds is 3. The number of carboxylic acids is 1. The first-order valence-corrected chi connectivity index (χ1v) is 7.17. The highest BCUT2D eigenvalue weighted by Gasteiger charge is 2.16. The number of carbonyl (C=O) groups excluding carboxylic acids is 1. The summed E-state index contributed by atoms with van der Waals surface area (Å²) < 4.78 is 0.685. The Morgan fingerprint density at radius 3 is 2.48 bits per heavy atom. The van der Waals surface area contributed by atoms with Crippen LogP contribution in [0.3, 0.4) is 0 Å². The number of aromatic hydroxyl groups is 1. The van der Waals surface area contributed by atoms with Crippen molar-refractivity contribution in [2.45, 2.75) is 0 Å². The molecule has 0 saturated heterocycles. The molecule has 0 radical (unpaired) electrons. The maximum absolute atomic E-state index is 12.2. The summed E-state index contributed by atoms with van der Waals surface area (Å²) in [6, 6.07) is 8.54. The summed E-state index contributed by atoms with van der Waals surface area (Å²) >= 11 is 7.84. The van der Waals surface area contributed by atoms with Crippen LogP contribution in [0, 0.1) is 3.57 Å². The molecule has 0 aromatic heterocycles. The highest BCUT2D eigenvalue weighted by molar-refractivity contribution is 14.1. The molecule has 0 bridgehead atoms. The molecule has 0 saturated carbocycles. The lowest BCUT2D eigenvalue weighted by molar-refractivity contribution is 0.0697. The SMILES string of the molecule is O=C(Nc1ccc(O)cc1C(=O)O)c1cc(Cl)ccc1I. The summed E-state index contributed by atoms with van der Waals surface area (Å²) in [5, 5.41) is 21.3. The van der Waals surface area contributed by atoms with E-state index in [1.54, 1.807) is 12.1 Å². The average molecular weight is 418 g/mol. The number of hydrogen-bond acceptors (Lipinski definition) is 3. The fourth-order valence-electron chi connectivity index (χ4n) is 1.68. The van der Waals surface area contributed by atoms with Gasteiger partial charge in [0.25, 0.3) is 5.91 Å². The minimum Gasteiger partial charge on any atom is -0.508 e. The number of phenolic OH excluding ortho intramolecular Hbond substituents is 1. The molecule has 21 heavy (non-hydrogen) atoms. The molecule has 0 aliphatic carbocycles. The van der Waals surface area contributed by atoms with Crippen molar-refractivity contribution in [2.75, 3.05) is 5.32 Å². The van der Waals surface area contributed by atoms with Crippen LogP contribution >= 0.6 is 34.2 Å².